The van der Waals surface area contributed by atoms with Crippen LogP contribution in [0.25, 0.3) is 0 Å². The molecular weight excluding hydrogens is 234 g/mol. The molecule has 0 spiro atoms. The first kappa shape index (κ1) is 10.9. The van der Waals surface area contributed by atoms with Gasteiger partial charge in [-0.1, -0.05) is 22.9 Å². The van der Waals surface area contributed by atoms with Gasteiger partial charge < -0.3 is 10.2 Å². The Morgan fingerprint density at radius 1 is 1.80 bits per heavy atom. The predicted octanol–water partition coefficient (Wildman–Crippen LogP) is 1.23. The van der Waals surface area contributed by atoms with E-state index < -0.39 is 0 Å². The molecule has 1 N–H and O–H groups in total. The Balaban J connectivity index is 2.03. The van der Waals surface area contributed by atoms with Crippen LogP contribution in [0.15, 0.2) is 6.20 Å². The molecule has 0 saturated carbocycles. The molecule has 1 amide bonds. The van der Waals surface area contributed by atoms with Gasteiger partial charge in [0.1, 0.15) is 4.34 Å². The molecule has 1 atom stereocenters. The van der Waals surface area contributed by atoms with Gasteiger partial charge in [-0.15, -0.1) is 0 Å². The van der Waals surface area contributed by atoms with E-state index in [4.69, 9.17) is 11.6 Å². The van der Waals surface area contributed by atoms with Crippen LogP contribution in [0.5, 0.6) is 0 Å². The standard InChI is InChI=1S/C9H12ClN3OS/c1-11-6-2-3-13(5-6)9(14)8-12-4-7(10)15-8/h4,6,11H,2-3,5H2,1H3. The summed E-state index contributed by atoms with van der Waals surface area (Å²) in [5, 5.41) is 3.65. The zero-order chi connectivity index (χ0) is 10.8. The minimum absolute atomic E-state index is 0.00958. The summed E-state index contributed by atoms with van der Waals surface area (Å²) in [5.41, 5.74) is 0. The largest absolute Gasteiger partial charge is 0.335 e. The van der Waals surface area contributed by atoms with Gasteiger partial charge >= 0.3 is 0 Å². The lowest BCUT2D eigenvalue weighted by molar-refractivity contribution is 0.0789. The normalized spacial score (nSPS) is 20.9. The number of likely N-dealkylation sites (tertiary alicyclic amines) is 1. The monoisotopic (exact) mass is 245 g/mol. The van der Waals surface area contributed by atoms with Crippen LogP contribution in [0, 0.1) is 0 Å². The lowest BCUT2D eigenvalue weighted by Gasteiger charge is -2.14. The molecule has 1 saturated heterocycles. The van der Waals surface area contributed by atoms with Crippen LogP contribution in [-0.2, 0) is 0 Å². The third-order valence-corrected chi connectivity index (χ3v) is 3.65. The SMILES string of the molecule is CNC1CCN(C(=O)c2ncc(Cl)s2)C1. The Kier molecular flexibility index (Phi) is 3.23. The quantitative estimate of drug-likeness (QED) is 0.853. The number of likely N-dealkylation sites (N-methyl/N-ethyl adjacent to an activating group) is 1. The highest BCUT2D eigenvalue weighted by atomic mass is 35.5. The zero-order valence-electron chi connectivity index (χ0n) is 8.36. The molecule has 1 aliphatic heterocycles. The van der Waals surface area contributed by atoms with E-state index in [1.165, 1.54) is 17.5 Å². The lowest BCUT2D eigenvalue weighted by Crippen LogP contribution is -2.33. The van der Waals surface area contributed by atoms with Crippen molar-refractivity contribution >= 4 is 28.8 Å². The van der Waals surface area contributed by atoms with Crippen molar-refractivity contribution in [3.63, 3.8) is 0 Å². The molecular formula is C9H12ClN3OS. The first-order valence-electron chi connectivity index (χ1n) is 4.78. The van der Waals surface area contributed by atoms with E-state index in [2.05, 4.69) is 10.3 Å². The molecule has 82 valence electrons. The predicted molar refractivity (Wildman–Crippen MR) is 60.5 cm³/mol. The molecule has 2 heterocycles. The van der Waals surface area contributed by atoms with E-state index in [1.807, 2.05) is 11.9 Å². The third kappa shape index (κ3) is 2.30. The van der Waals surface area contributed by atoms with E-state index in [9.17, 15) is 4.79 Å². The highest BCUT2D eigenvalue weighted by Crippen LogP contribution is 2.21. The minimum Gasteiger partial charge on any atom is -0.335 e. The van der Waals surface area contributed by atoms with Crippen LogP contribution >= 0.6 is 22.9 Å². The molecule has 0 aliphatic carbocycles. The van der Waals surface area contributed by atoms with Crippen LogP contribution in [0.4, 0.5) is 0 Å². The van der Waals surface area contributed by atoms with Crippen LogP contribution in [0.3, 0.4) is 0 Å². The van der Waals surface area contributed by atoms with E-state index in [1.54, 1.807) is 0 Å². The number of nitrogens with one attached hydrogen (secondary N) is 1. The van der Waals surface area contributed by atoms with Crippen LogP contribution in [0.1, 0.15) is 16.2 Å². The number of carbonyl (C=O) groups excluding carboxylic acids is 1. The Bertz CT molecular complexity index is 368. The summed E-state index contributed by atoms with van der Waals surface area (Å²) in [4.78, 5) is 17.7. The van der Waals surface area contributed by atoms with E-state index >= 15 is 0 Å². The molecule has 0 bridgehead atoms. The van der Waals surface area contributed by atoms with Crippen molar-refractivity contribution in [3.05, 3.63) is 15.5 Å². The number of thiazole rings is 1. The van der Waals surface area contributed by atoms with Gasteiger partial charge in [0.2, 0.25) is 0 Å². The highest BCUT2D eigenvalue weighted by molar-refractivity contribution is 7.17. The number of nitrogens with zero attached hydrogens (tertiary/aromatic N) is 2. The topological polar surface area (TPSA) is 45.2 Å². The highest BCUT2D eigenvalue weighted by Gasteiger charge is 2.27. The molecule has 4 nitrogen and oxygen atoms in total. The molecule has 15 heavy (non-hydrogen) atoms. The van der Waals surface area contributed by atoms with Crippen LogP contribution < -0.4 is 5.32 Å². The molecule has 1 unspecified atom stereocenters. The second-order valence-electron chi connectivity index (χ2n) is 3.49. The molecule has 6 heteroatoms. The number of aromatic nitrogens is 1. The number of rotatable bonds is 2. The fourth-order valence-corrected chi connectivity index (χ4v) is 2.55. The van der Waals surface area contributed by atoms with Crippen molar-refractivity contribution < 1.29 is 4.79 Å². The zero-order valence-corrected chi connectivity index (χ0v) is 9.94. The Morgan fingerprint density at radius 3 is 3.13 bits per heavy atom. The molecule has 0 aromatic carbocycles. The first-order valence-corrected chi connectivity index (χ1v) is 5.98. The maximum absolute atomic E-state index is 11.9. The van der Waals surface area contributed by atoms with Crippen molar-refractivity contribution in [2.24, 2.45) is 0 Å². The Morgan fingerprint density at radius 2 is 2.60 bits per heavy atom. The molecule has 0 radical (unpaired) electrons. The lowest BCUT2D eigenvalue weighted by atomic mass is 10.3. The number of hydrogen-bond donors (Lipinski definition) is 1. The van der Waals surface area contributed by atoms with Crippen LogP contribution in [-0.4, -0.2) is 42.0 Å². The molecule has 2 rings (SSSR count). The number of halogens is 1. The minimum atomic E-state index is -0.00958. The summed E-state index contributed by atoms with van der Waals surface area (Å²) < 4.78 is 0.558. The fraction of sp³-hybridized carbons (Fsp3) is 0.556. The van der Waals surface area contributed by atoms with E-state index in [0.29, 0.717) is 15.4 Å². The Hall–Kier alpha value is -0.650. The summed E-state index contributed by atoms with van der Waals surface area (Å²) in [7, 11) is 1.92. The second kappa shape index (κ2) is 4.47. The number of carbonyl (C=O) groups is 1. The molecule has 1 fully saturated rings. The third-order valence-electron chi connectivity index (χ3n) is 2.54. The van der Waals surface area contributed by atoms with Gasteiger partial charge in [0.05, 0.1) is 6.20 Å². The van der Waals surface area contributed by atoms with Gasteiger partial charge in [0.25, 0.3) is 5.91 Å². The van der Waals surface area contributed by atoms with Gasteiger partial charge in [-0.25, -0.2) is 4.98 Å². The second-order valence-corrected chi connectivity index (χ2v) is 5.16. The summed E-state index contributed by atoms with van der Waals surface area (Å²) in [6.45, 7) is 1.55. The van der Waals surface area contributed by atoms with Gasteiger partial charge in [-0.2, -0.15) is 0 Å². The smallest absolute Gasteiger partial charge is 0.282 e. The van der Waals surface area contributed by atoms with Crippen molar-refractivity contribution in [3.8, 4) is 0 Å². The van der Waals surface area contributed by atoms with Crippen molar-refractivity contribution in [2.75, 3.05) is 20.1 Å². The first-order chi connectivity index (χ1) is 7.20. The van der Waals surface area contributed by atoms with Gasteiger partial charge in [0.15, 0.2) is 5.01 Å². The van der Waals surface area contributed by atoms with Gasteiger partial charge in [-0.05, 0) is 13.5 Å². The average Bonchev–Trinajstić information content (AvgIpc) is 2.84. The van der Waals surface area contributed by atoms with Crippen molar-refractivity contribution in [1.82, 2.24) is 15.2 Å². The maximum Gasteiger partial charge on any atom is 0.282 e. The maximum atomic E-state index is 11.9. The fourth-order valence-electron chi connectivity index (χ4n) is 1.67. The van der Waals surface area contributed by atoms with Gasteiger partial charge in [-0.3, -0.25) is 4.79 Å². The summed E-state index contributed by atoms with van der Waals surface area (Å²) in [6, 6.07) is 0.407. The molecule has 1 aromatic rings. The number of hydrogen-bond acceptors (Lipinski definition) is 4. The summed E-state index contributed by atoms with van der Waals surface area (Å²) in [5.74, 6) is -0.00958. The van der Waals surface area contributed by atoms with Crippen molar-refractivity contribution in [2.45, 2.75) is 12.5 Å². The summed E-state index contributed by atoms with van der Waals surface area (Å²) in [6.07, 6.45) is 2.52. The number of amides is 1. The van der Waals surface area contributed by atoms with E-state index in [0.717, 1.165) is 19.5 Å². The van der Waals surface area contributed by atoms with Crippen molar-refractivity contribution in [1.29, 1.82) is 0 Å². The van der Waals surface area contributed by atoms with Gasteiger partial charge in [0, 0.05) is 19.1 Å². The van der Waals surface area contributed by atoms with Crippen LogP contribution in [0.2, 0.25) is 4.34 Å². The van der Waals surface area contributed by atoms with E-state index in [-0.39, 0.29) is 5.91 Å². The molecule has 1 aliphatic rings. The Labute approximate surface area is 97.2 Å². The molecule has 1 aromatic heterocycles. The summed E-state index contributed by atoms with van der Waals surface area (Å²) >= 11 is 6.97. The average molecular weight is 246 g/mol.